The van der Waals surface area contributed by atoms with E-state index >= 15 is 0 Å². The van der Waals surface area contributed by atoms with Crippen LogP contribution in [0.3, 0.4) is 0 Å². The van der Waals surface area contributed by atoms with E-state index in [2.05, 4.69) is 5.10 Å². The summed E-state index contributed by atoms with van der Waals surface area (Å²) in [4.78, 5) is 10.7. The number of hydrogen-bond donors (Lipinski definition) is 1. The van der Waals surface area contributed by atoms with Gasteiger partial charge in [-0.25, -0.2) is 0 Å². The van der Waals surface area contributed by atoms with Gasteiger partial charge in [0.25, 0.3) is 0 Å². The van der Waals surface area contributed by atoms with Crippen LogP contribution in [0.25, 0.3) is 0 Å². The highest BCUT2D eigenvalue weighted by atomic mass is 19.4. The summed E-state index contributed by atoms with van der Waals surface area (Å²) < 4.78 is 37.8. The van der Waals surface area contributed by atoms with Crippen molar-refractivity contribution < 1.29 is 18.0 Å². The molecule has 0 bridgehead atoms. The molecule has 0 saturated carbocycles. The lowest BCUT2D eigenvalue weighted by Crippen LogP contribution is -2.29. The molecule has 0 aliphatic carbocycles. The van der Waals surface area contributed by atoms with E-state index in [1.165, 1.54) is 12.1 Å². The van der Waals surface area contributed by atoms with Crippen LogP contribution in [0.1, 0.15) is 5.56 Å². The molecule has 19 heavy (non-hydrogen) atoms. The quantitative estimate of drug-likeness (QED) is 0.930. The Labute approximate surface area is 106 Å². The van der Waals surface area contributed by atoms with Crippen molar-refractivity contribution >= 4 is 11.6 Å². The van der Waals surface area contributed by atoms with Gasteiger partial charge in [0.15, 0.2) is 0 Å². The number of carbonyl (C=O) groups is 1. The van der Waals surface area contributed by atoms with Crippen LogP contribution in [0.5, 0.6) is 0 Å². The second-order valence-corrected chi connectivity index (χ2v) is 3.85. The number of carbonyl (C=O) groups excluding carboxylic acids is 1. The van der Waals surface area contributed by atoms with Crippen molar-refractivity contribution in [2.24, 2.45) is 0 Å². The molecule has 1 N–H and O–H groups in total. The summed E-state index contributed by atoms with van der Waals surface area (Å²) in [7, 11) is 0. The highest BCUT2D eigenvalue weighted by Crippen LogP contribution is 2.18. The molecule has 7 heteroatoms. The van der Waals surface area contributed by atoms with Crippen LogP contribution < -0.4 is 5.32 Å². The number of benzene rings is 1. The van der Waals surface area contributed by atoms with E-state index in [0.717, 1.165) is 5.56 Å². The van der Waals surface area contributed by atoms with Crippen LogP contribution in [-0.4, -0.2) is 21.9 Å². The molecule has 0 spiro atoms. The molecule has 0 radical (unpaired) electrons. The second kappa shape index (κ2) is 5.13. The molecule has 1 amide bonds. The molecule has 2 rings (SSSR count). The van der Waals surface area contributed by atoms with E-state index in [9.17, 15) is 18.0 Å². The van der Waals surface area contributed by atoms with Crippen LogP contribution in [0.4, 0.5) is 18.9 Å². The lowest BCUT2D eigenvalue weighted by Gasteiger charge is -2.08. The molecule has 100 valence electrons. The van der Waals surface area contributed by atoms with Crippen molar-refractivity contribution in [3.05, 3.63) is 48.3 Å². The Bertz CT molecular complexity index is 547. The Morgan fingerprint density at radius 2 is 1.95 bits per heavy atom. The van der Waals surface area contributed by atoms with Crippen molar-refractivity contribution in [1.29, 1.82) is 0 Å². The molecular formula is C12H10F3N3O. The molecule has 2 aromatic rings. The average molecular weight is 269 g/mol. The average Bonchev–Trinajstić information content (AvgIpc) is 2.83. The van der Waals surface area contributed by atoms with Crippen LogP contribution in [0, 0.1) is 0 Å². The van der Waals surface area contributed by atoms with Crippen LogP contribution in [0.2, 0.25) is 0 Å². The first-order valence-corrected chi connectivity index (χ1v) is 5.40. The third-order valence-corrected chi connectivity index (χ3v) is 2.37. The van der Waals surface area contributed by atoms with E-state index in [1.807, 2.05) is 0 Å². The van der Waals surface area contributed by atoms with Crippen molar-refractivity contribution in [2.75, 3.05) is 5.32 Å². The normalized spacial score (nSPS) is 11.3. The van der Waals surface area contributed by atoms with E-state index in [0.29, 0.717) is 6.54 Å². The molecule has 4 nitrogen and oxygen atoms in total. The summed E-state index contributed by atoms with van der Waals surface area (Å²) in [6, 6.07) is 7.88. The zero-order chi connectivity index (χ0) is 13.9. The first-order chi connectivity index (χ1) is 8.95. The molecule has 0 saturated heterocycles. The fraction of sp³-hybridized carbons (Fsp3) is 0.167. The smallest absolute Gasteiger partial charge is 0.318 e. The SMILES string of the molecule is O=C(Nc1ccc(Cn2cccn2)cc1)C(F)(F)F. The summed E-state index contributed by atoms with van der Waals surface area (Å²) in [5, 5.41) is 5.79. The van der Waals surface area contributed by atoms with Crippen LogP contribution >= 0.6 is 0 Å². The molecule has 1 aromatic carbocycles. The third kappa shape index (κ3) is 3.57. The van der Waals surface area contributed by atoms with Gasteiger partial charge < -0.3 is 5.32 Å². The Kier molecular flexibility index (Phi) is 3.55. The van der Waals surface area contributed by atoms with E-state index < -0.39 is 12.1 Å². The lowest BCUT2D eigenvalue weighted by atomic mass is 10.2. The number of alkyl halides is 3. The van der Waals surface area contributed by atoms with Gasteiger partial charge in [-0.2, -0.15) is 18.3 Å². The lowest BCUT2D eigenvalue weighted by molar-refractivity contribution is -0.167. The number of amides is 1. The number of rotatable bonds is 3. The predicted molar refractivity (Wildman–Crippen MR) is 62.5 cm³/mol. The molecule has 1 heterocycles. The Morgan fingerprint density at radius 3 is 2.47 bits per heavy atom. The molecular weight excluding hydrogens is 259 g/mol. The molecule has 0 fully saturated rings. The Hall–Kier alpha value is -2.31. The fourth-order valence-electron chi connectivity index (χ4n) is 1.48. The molecule has 0 aliphatic rings. The van der Waals surface area contributed by atoms with E-state index in [1.54, 1.807) is 40.6 Å². The first kappa shape index (κ1) is 13.1. The number of hydrogen-bond acceptors (Lipinski definition) is 2. The Balaban J connectivity index is 2.01. The minimum Gasteiger partial charge on any atom is -0.318 e. The highest BCUT2D eigenvalue weighted by molar-refractivity contribution is 5.94. The van der Waals surface area contributed by atoms with Crippen molar-refractivity contribution in [1.82, 2.24) is 9.78 Å². The molecule has 0 aliphatic heterocycles. The maximum atomic E-state index is 12.0. The van der Waals surface area contributed by atoms with Gasteiger partial charge in [0.05, 0.1) is 6.54 Å². The van der Waals surface area contributed by atoms with E-state index in [4.69, 9.17) is 0 Å². The standard InChI is InChI=1S/C12H10F3N3O/c13-12(14,15)11(19)17-10-4-2-9(3-5-10)8-18-7-1-6-16-18/h1-7H,8H2,(H,17,19). The molecule has 0 unspecified atom stereocenters. The topological polar surface area (TPSA) is 46.9 Å². The fourth-order valence-corrected chi connectivity index (χ4v) is 1.48. The van der Waals surface area contributed by atoms with Gasteiger partial charge in [0.1, 0.15) is 0 Å². The number of anilines is 1. The van der Waals surface area contributed by atoms with Gasteiger partial charge >= 0.3 is 12.1 Å². The first-order valence-electron chi connectivity index (χ1n) is 5.40. The van der Waals surface area contributed by atoms with Crippen LogP contribution in [-0.2, 0) is 11.3 Å². The summed E-state index contributed by atoms with van der Waals surface area (Å²) in [6.07, 6.45) is -1.47. The van der Waals surface area contributed by atoms with Gasteiger partial charge in [-0.3, -0.25) is 9.48 Å². The number of halogens is 3. The van der Waals surface area contributed by atoms with Gasteiger partial charge in [-0.15, -0.1) is 0 Å². The summed E-state index contributed by atoms with van der Waals surface area (Å²) in [6.45, 7) is 0.514. The minimum absolute atomic E-state index is 0.103. The number of nitrogens with zero attached hydrogens (tertiary/aromatic N) is 2. The van der Waals surface area contributed by atoms with Crippen molar-refractivity contribution in [3.8, 4) is 0 Å². The zero-order valence-corrected chi connectivity index (χ0v) is 9.69. The minimum atomic E-state index is -4.88. The van der Waals surface area contributed by atoms with Gasteiger partial charge in [-0.1, -0.05) is 12.1 Å². The van der Waals surface area contributed by atoms with Crippen LogP contribution in [0.15, 0.2) is 42.7 Å². The number of nitrogens with one attached hydrogen (secondary N) is 1. The van der Waals surface area contributed by atoms with Gasteiger partial charge in [0.2, 0.25) is 0 Å². The summed E-state index contributed by atoms with van der Waals surface area (Å²) >= 11 is 0. The summed E-state index contributed by atoms with van der Waals surface area (Å²) in [5.41, 5.74) is 0.972. The molecule has 0 atom stereocenters. The second-order valence-electron chi connectivity index (χ2n) is 3.85. The summed E-state index contributed by atoms with van der Waals surface area (Å²) in [5.74, 6) is -1.98. The molecule has 1 aromatic heterocycles. The van der Waals surface area contributed by atoms with Gasteiger partial charge in [0, 0.05) is 18.1 Å². The predicted octanol–water partition coefficient (Wildman–Crippen LogP) is 2.43. The third-order valence-electron chi connectivity index (χ3n) is 2.37. The van der Waals surface area contributed by atoms with E-state index in [-0.39, 0.29) is 5.69 Å². The zero-order valence-electron chi connectivity index (χ0n) is 9.69. The van der Waals surface area contributed by atoms with Gasteiger partial charge in [-0.05, 0) is 23.8 Å². The number of aromatic nitrogens is 2. The highest BCUT2D eigenvalue weighted by Gasteiger charge is 2.38. The van der Waals surface area contributed by atoms with Crippen molar-refractivity contribution in [2.45, 2.75) is 12.7 Å². The maximum Gasteiger partial charge on any atom is 0.471 e. The largest absolute Gasteiger partial charge is 0.471 e. The maximum absolute atomic E-state index is 12.0. The van der Waals surface area contributed by atoms with Crippen molar-refractivity contribution in [3.63, 3.8) is 0 Å². The monoisotopic (exact) mass is 269 g/mol. The Morgan fingerprint density at radius 1 is 1.26 bits per heavy atom.